The van der Waals surface area contributed by atoms with E-state index < -0.39 is 0 Å². The number of para-hydroxylation sites is 1. The predicted octanol–water partition coefficient (Wildman–Crippen LogP) is 4.14. The number of nitrogens with zero attached hydrogens (tertiary/aromatic N) is 1. The zero-order valence-electron chi connectivity index (χ0n) is 13.8. The summed E-state index contributed by atoms with van der Waals surface area (Å²) >= 11 is 0. The second-order valence-corrected chi connectivity index (χ2v) is 5.77. The van der Waals surface area contributed by atoms with Crippen LogP contribution < -0.4 is 20.9 Å². The summed E-state index contributed by atoms with van der Waals surface area (Å²) in [7, 11) is 0. The van der Waals surface area contributed by atoms with Crippen molar-refractivity contribution in [3.8, 4) is 0 Å². The predicted molar refractivity (Wildman–Crippen MR) is 102 cm³/mol. The summed E-state index contributed by atoms with van der Waals surface area (Å²) in [5, 5.41) is 17.1. The third-order valence-electron chi connectivity index (χ3n) is 4.04. The number of anilines is 4. The van der Waals surface area contributed by atoms with Gasteiger partial charge < -0.3 is 25.3 Å². The van der Waals surface area contributed by atoms with Crippen molar-refractivity contribution in [3.05, 3.63) is 72.5 Å². The van der Waals surface area contributed by atoms with Gasteiger partial charge in [-0.15, -0.1) is 0 Å². The lowest BCUT2D eigenvalue weighted by molar-refractivity contribution is 0.262. The minimum Gasteiger partial charge on any atom is -0.448 e. The summed E-state index contributed by atoms with van der Waals surface area (Å²) in [6, 6.07) is 18.0. The van der Waals surface area contributed by atoms with Crippen LogP contribution in [0, 0.1) is 5.41 Å². The number of nitrogens with one attached hydrogen (secondary N) is 4. The Morgan fingerprint density at radius 2 is 1.81 bits per heavy atom. The molecule has 1 aromatic heterocycles. The fourth-order valence-corrected chi connectivity index (χ4v) is 2.79. The molecule has 26 heavy (non-hydrogen) atoms. The van der Waals surface area contributed by atoms with Crippen LogP contribution in [0.3, 0.4) is 0 Å². The van der Waals surface area contributed by atoms with E-state index in [0.29, 0.717) is 29.6 Å². The van der Waals surface area contributed by atoms with Gasteiger partial charge in [0.25, 0.3) is 0 Å². The van der Waals surface area contributed by atoms with Crippen LogP contribution >= 0.6 is 0 Å². The van der Waals surface area contributed by atoms with Crippen molar-refractivity contribution < 1.29 is 9.21 Å². The fourth-order valence-electron chi connectivity index (χ4n) is 2.79. The van der Waals surface area contributed by atoms with Crippen LogP contribution in [0.2, 0.25) is 0 Å². The number of benzene rings is 2. The highest BCUT2D eigenvalue weighted by Crippen LogP contribution is 2.28. The van der Waals surface area contributed by atoms with Crippen molar-refractivity contribution >= 4 is 34.8 Å². The summed E-state index contributed by atoms with van der Waals surface area (Å²) in [5.41, 5.74) is 2.86. The van der Waals surface area contributed by atoms with E-state index >= 15 is 0 Å². The average molecular weight is 347 g/mol. The first kappa shape index (κ1) is 15.8. The minimum atomic E-state index is -0.322. The second-order valence-electron chi connectivity index (χ2n) is 5.77. The van der Waals surface area contributed by atoms with Crippen LogP contribution in [0.5, 0.6) is 0 Å². The Bertz CT molecular complexity index is 951. The number of fused-ring (bicyclic) bond motifs is 1. The quantitative estimate of drug-likeness (QED) is 0.573. The molecule has 7 nitrogen and oxygen atoms in total. The molecule has 0 saturated heterocycles. The molecular formula is C19H17N5O2. The van der Waals surface area contributed by atoms with Crippen LogP contribution in [0.25, 0.3) is 0 Å². The Morgan fingerprint density at radius 3 is 2.65 bits per heavy atom. The van der Waals surface area contributed by atoms with Crippen molar-refractivity contribution in [3.63, 3.8) is 0 Å². The van der Waals surface area contributed by atoms with Crippen molar-refractivity contribution in [1.29, 1.82) is 5.41 Å². The molecule has 3 aromatic rings. The molecule has 0 spiro atoms. The normalized spacial score (nSPS) is 12.9. The summed E-state index contributed by atoms with van der Waals surface area (Å²) in [5.74, 6) is 0.946. The van der Waals surface area contributed by atoms with Gasteiger partial charge in [0.2, 0.25) is 5.88 Å². The van der Waals surface area contributed by atoms with Gasteiger partial charge in [0, 0.05) is 17.1 Å². The van der Waals surface area contributed by atoms with Gasteiger partial charge in [0.05, 0.1) is 18.5 Å². The Balaban J connectivity index is 1.49. The van der Waals surface area contributed by atoms with E-state index in [1.165, 1.54) is 0 Å². The van der Waals surface area contributed by atoms with E-state index in [9.17, 15) is 4.79 Å². The molecule has 2 amide bonds. The molecule has 1 aliphatic rings. The zero-order valence-corrected chi connectivity index (χ0v) is 13.8. The summed E-state index contributed by atoms with van der Waals surface area (Å²) in [4.78, 5) is 14.0. The zero-order chi connectivity index (χ0) is 17.9. The van der Waals surface area contributed by atoms with Crippen molar-refractivity contribution in [2.75, 3.05) is 27.5 Å². The van der Waals surface area contributed by atoms with Gasteiger partial charge in [-0.05, 0) is 36.4 Å². The lowest BCUT2D eigenvalue weighted by atomic mass is 10.2. The highest BCUT2D eigenvalue weighted by atomic mass is 16.3. The van der Waals surface area contributed by atoms with E-state index in [1.54, 1.807) is 23.3 Å². The summed E-state index contributed by atoms with van der Waals surface area (Å²) in [6.45, 7) is 0.416. The van der Waals surface area contributed by atoms with Crippen LogP contribution in [-0.2, 0) is 0 Å². The molecule has 0 bridgehead atoms. The van der Waals surface area contributed by atoms with Crippen molar-refractivity contribution in [1.82, 2.24) is 0 Å². The lowest BCUT2D eigenvalue weighted by Gasteiger charge is -2.29. The number of rotatable bonds is 3. The number of amidine groups is 1. The molecule has 0 atom stereocenters. The number of hydrogen-bond donors (Lipinski definition) is 4. The topological polar surface area (TPSA) is 93.4 Å². The average Bonchev–Trinajstić information content (AvgIpc) is 3.13. The van der Waals surface area contributed by atoms with E-state index in [0.717, 1.165) is 11.4 Å². The van der Waals surface area contributed by atoms with Crippen LogP contribution in [0.1, 0.15) is 5.56 Å². The van der Waals surface area contributed by atoms with Crippen LogP contribution in [-0.4, -0.2) is 18.5 Å². The Hall–Kier alpha value is -3.74. The van der Waals surface area contributed by atoms with Gasteiger partial charge in [-0.2, -0.15) is 0 Å². The molecule has 2 heterocycles. The molecule has 4 rings (SSSR count). The Labute approximate surface area is 150 Å². The first-order valence-electron chi connectivity index (χ1n) is 8.12. The maximum atomic E-state index is 12.2. The van der Waals surface area contributed by atoms with E-state index in [4.69, 9.17) is 9.83 Å². The highest BCUT2D eigenvalue weighted by molar-refractivity contribution is 6.12. The molecule has 0 saturated carbocycles. The highest BCUT2D eigenvalue weighted by Gasteiger charge is 2.24. The largest absolute Gasteiger partial charge is 0.448 e. The molecule has 0 radical (unpaired) electrons. The minimum absolute atomic E-state index is 0.322. The van der Waals surface area contributed by atoms with Gasteiger partial charge >= 0.3 is 6.03 Å². The second kappa shape index (κ2) is 6.64. The summed E-state index contributed by atoms with van der Waals surface area (Å²) < 4.78 is 5.30. The third kappa shape index (κ3) is 3.10. The number of carbonyl (C=O) groups excluding carboxylic acids is 1. The molecule has 7 heteroatoms. The van der Waals surface area contributed by atoms with Gasteiger partial charge in [-0.25, -0.2) is 4.79 Å². The molecule has 0 unspecified atom stereocenters. The van der Waals surface area contributed by atoms with Crippen LogP contribution in [0.4, 0.5) is 27.7 Å². The van der Waals surface area contributed by atoms with E-state index in [2.05, 4.69) is 16.0 Å². The number of urea groups is 1. The molecule has 130 valence electrons. The van der Waals surface area contributed by atoms with Gasteiger partial charge in [-0.3, -0.25) is 5.41 Å². The van der Waals surface area contributed by atoms with Crippen molar-refractivity contribution in [2.24, 2.45) is 0 Å². The number of hydrogen-bond acceptors (Lipinski definition) is 4. The lowest BCUT2D eigenvalue weighted by Crippen LogP contribution is -2.39. The fraction of sp³-hybridized carbons (Fsp3) is 0.0526. The van der Waals surface area contributed by atoms with Crippen LogP contribution in [0.15, 0.2) is 71.3 Å². The van der Waals surface area contributed by atoms with E-state index in [-0.39, 0.29) is 6.03 Å². The maximum absolute atomic E-state index is 12.2. The molecule has 1 aliphatic heterocycles. The first-order chi connectivity index (χ1) is 12.7. The van der Waals surface area contributed by atoms with Crippen molar-refractivity contribution in [2.45, 2.75) is 0 Å². The molecule has 4 N–H and O–H groups in total. The first-order valence-corrected chi connectivity index (χ1v) is 8.12. The Morgan fingerprint density at radius 1 is 1.04 bits per heavy atom. The SMILES string of the molecule is N=C1c2ccoc2NCN1c1cccc(NC(=O)Nc2ccccc2)c1. The number of furan rings is 1. The van der Waals surface area contributed by atoms with Gasteiger partial charge in [0.1, 0.15) is 5.84 Å². The maximum Gasteiger partial charge on any atom is 0.323 e. The van der Waals surface area contributed by atoms with Gasteiger partial charge in [-0.1, -0.05) is 24.3 Å². The Kier molecular flexibility index (Phi) is 4.03. The molecular weight excluding hydrogens is 330 g/mol. The van der Waals surface area contributed by atoms with E-state index in [1.807, 2.05) is 48.5 Å². The molecule has 0 aliphatic carbocycles. The summed E-state index contributed by atoms with van der Waals surface area (Å²) in [6.07, 6.45) is 1.56. The standard InChI is InChI=1S/C19H17N5O2/c20-17-16-9-10-26-18(16)21-12-24(17)15-8-4-7-14(11-15)23-19(25)22-13-5-2-1-3-6-13/h1-11,20-21H,12H2,(H2,22,23,25). The molecule has 0 fully saturated rings. The smallest absolute Gasteiger partial charge is 0.323 e. The molecule has 2 aromatic carbocycles. The monoisotopic (exact) mass is 347 g/mol. The number of amides is 2. The third-order valence-corrected chi connectivity index (χ3v) is 4.04. The van der Waals surface area contributed by atoms with Gasteiger partial charge in [0.15, 0.2) is 0 Å². The number of carbonyl (C=O) groups is 1.